The number of urea groups is 1. The number of imide groups is 1. The molecule has 0 aromatic heterocycles. The fourth-order valence-electron chi connectivity index (χ4n) is 3.33. The van der Waals surface area contributed by atoms with Crippen molar-refractivity contribution in [2.75, 3.05) is 11.9 Å². The van der Waals surface area contributed by atoms with Gasteiger partial charge in [-0.3, -0.25) is 14.5 Å². The van der Waals surface area contributed by atoms with Crippen molar-refractivity contribution in [2.45, 2.75) is 25.1 Å². The molecule has 2 N–H and O–H groups in total. The van der Waals surface area contributed by atoms with E-state index in [9.17, 15) is 27.6 Å². The second-order valence-corrected chi connectivity index (χ2v) is 7.12. The molecule has 10 heteroatoms. The van der Waals surface area contributed by atoms with Gasteiger partial charge in [0.1, 0.15) is 12.1 Å². The van der Waals surface area contributed by atoms with Crippen LogP contribution in [0.2, 0.25) is 5.02 Å². The maximum absolute atomic E-state index is 13.2. The smallest absolute Gasteiger partial charge is 0.324 e. The van der Waals surface area contributed by atoms with Crippen molar-refractivity contribution < 1.29 is 27.6 Å². The first kappa shape index (κ1) is 21.6. The zero-order chi connectivity index (χ0) is 22.1. The average molecular weight is 440 g/mol. The summed E-state index contributed by atoms with van der Waals surface area (Å²) in [7, 11) is 0. The van der Waals surface area contributed by atoms with E-state index in [-0.39, 0.29) is 11.4 Å². The van der Waals surface area contributed by atoms with Crippen molar-refractivity contribution in [1.29, 1.82) is 0 Å². The van der Waals surface area contributed by atoms with Crippen LogP contribution in [0.25, 0.3) is 0 Å². The zero-order valence-corrected chi connectivity index (χ0v) is 16.5. The number of nitrogens with one attached hydrogen (secondary N) is 2. The Morgan fingerprint density at radius 2 is 1.83 bits per heavy atom. The summed E-state index contributed by atoms with van der Waals surface area (Å²) >= 11 is 5.62. The first-order valence-corrected chi connectivity index (χ1v) is 9.32. The minimum absolute atomic E-state index is 0.148. The Hall–Kier alpha value is -3.07. The summed E-state index contributed by atoms with van der Waals surface area (Å²) in [5.41, 5.74) is -2.44. The Labute approximate surface area is 175 Å². The van der Waals surface area contributed by atoms with Crippen molar-refractivity contribution >= 4 is 35.1 Å². The molecule has 1 aliphatic heterocycles. The topological polar surface area (TPSA) is 78.5 Å². The third kappa shape index (κ3) is 3.97. The molecule has 2 aromatic rings. The third-order valence-corrected chi connectivity index (χ3v) is 5.07. The van der Waals surface area contributed by atoms with Crippen LogP contribution in [-0.4, -0.2) is 29.3 Å². The highest BCUT2D eigenvalue weighted by molar-refractivity contribution is 6.30. The van der Waals surface area contributed by atoms with Gasteiger partial charge in [0.15, 0.2) is 0 Å². The molecule has 6 nitrogen and oxygen atoms in total. The maximum Gasteiger partial charge on any atom is 0.418 e. The fourth-order valence-corrected chi connectivity index (χ4v) is 3.50. The van der Waals surface area contributed by atoms with E-state index in [4.69, 9.17) is 11.6 Å². The second kappa shape index (κ2) is 7.98. The molecule has 0 spiro atoms. The van der Waals surface area contributed by atoms with Gasteiger partial charge in [-0.2, -0.15) is 13.2 Å². The van der Waals surface area contributed by atoms with Crippen LogP contribution in [0.5, 0.6) is 0 Å². The standard InChI is InChI=1S/C20H17ClF3N3O3/c1-2-19(12-6-4-3-5-7-12)17(29)27(18(30)26-19)11-16(28)25-15-9-8-13(21)10-14(15)20(22,23)24/h3-10H,2,11H2,1H3,(H,25,28)(H,26,30)/t19-/m1/s1. The molecule has 3 rings (SSSR count). The van der Waals surface area contributed by atoms with Crippen molar-refractivity contribution in [3.05, 3.63) is 64.7 Å². The van der Waals surface area contributed by atoms with Gasteiger partial charge in [-0.05, 0) is 30.2 Å². The first-order valence-electron chi connectivity index (χ1n) is 8.94. The number of hydrogen-bond acceptors (Lipinski definition) is 3. The lowest BCUT2D eigenvalue weighted by atomic mass is 9.87. The first-order chi connectivity index (χ1) is 14.1. The molecule has 158 valence electrons. The lowest BCUT2D eigenvalue weighted by Crippen LogP contribution is -2.44. The molecule has 0 bridgehead atoms. The fraction of sp³-hybridized carbons (Fsp3) is 0.250. The molecule has 0 saturated carbocycles. The number of halogens is 4. The van der Waals surface area contributed by atoms with Crippen LogP contribution in [0.3, 0.4) is 0 Å². The monoisotopic (exact) mass is 439 g/mol. The van der Waals surface area contributed by atoms with Crippen LogP contribution in [0.1, 0.15) is 24.5 Å². The Balaban J connectivity index is 1.82. The van der Waals surface area contributed by atoms with Crippen LogP contribution in [0.15, 0.2) is 48.5 Å². The summed E-state index contributed by atoms with van der Waals surface area (Å²) in [6.07, 6.45) is -4.52. The summed E-state index contributed by atoms with van der Waals surface area (Å²) in [4.78, 5) is 38.5. The van der Waals surface area contributed by atoms with E-state index in [1.54, 1.807) is 37.3 Å². The summed E-state index contributed by atoms with van der Waals surface area (Å²) in [6, 6.07) is 10.6. The number of carbonyl (C=O) groups excluding carboxylic acids is 3. The molecule has 30 heavy (non-hydrogen) atoms. The lowest BCUT2D eigenvalue weighted by Gasteiger charge is -2.25. The zero-order valence-electron chi connectivity index (χ0n) is 15.7. The molecule has 0 radical (unpaired) electrons. The normalized spacial score (nSPS) is 19.0. The van der Waals surface area contributed by atoms with Crippen LogP contribution in [-0.2, 0) is 21.3 Å². The Kier molecular flexibility index (Phi) is 5.76. The minimum Gasteiger partial charge on any atom is -0.324 e. The third-order valence-electron chi connectivity index (χ3n) is 4.84. The van der Waals surface area contributed by atoms with Crippen molar-refractivity contribution in [1.82, 2.24) is 10.2 Å². The summed E-state index contributed by atoms with van der Waals surface area (Å²) in [5.74, 6) is -1.60. The van der Waals surface area contributed by atoms with E-state index >= 15 is 0 Å². The van der Waals surface area contributed by atoms with Crippen LogP contribution < -0.4 is 10.6 Å². The van der Waals surface area contributed by atoms with E-state index in [0.717, 1.165) is 6.07 Å². The van der Waals surface area contributed by atoms with Crippen molar-refractivity contribution in [3.8, 4) is 0 Å². The minimum atomic E-state index is -4.75. The number of anilines is 1. The van der Waals surface area contributed by atoms with Gasteiger partial charge >= 0.3 is 12.2 Å². The van der Waals surface area contributed by atoms with Gasteiger partial charge in [0.05, 0.1) is 11.3 Å². The number of amides is 4. The van der Waals surface area contributed by atoms with E-state index in [1.165, 1.54) is 6.07 Å². The summed E-state index contributed by atoms with van der Waals surface area (Å²) in [5, 5.41) is 4.56. The number of alkyl halides is 3. The molecule has 1 saturated heterocycles. The highest BCUT2D eigenvalue weighted by atomic mass is 35.5. The van der Waals surface area contributed by atoms with Gasteiger partial charge in [-0.15, -0.1) is 0 Å². The summed E-state index contributed by atoms with van der Waals surface area (Å²) < 4.78 is 39.6. The number of carbonyl (C=O) groups is 3. The predicted octanol–water partition coefficient (Wildman–Crippen LogP) is 4.15. The van der Waals surface area contributed by atoms with Gasteiger partial charge in [0.2, 0.25) is 5.91 Å². The molecular formula is C20H17ClF3N3O3. The number of benzene rings is 2. The van der Waals surface area contributed by atoms with E-state index in [2.05, 4.69) is 10.6 Å². The van der Waals surface area contributed by atoms with Gasteiger partial charge in [-0.1, -0.05) is 48.9 Å². The molecule has 4 amide bonds. The molecule has 1 heterocycles. The SMILES string of the molecule is CC[C@]1(c2ccccc2)NC(=O)N(CC(=O)Nc2ccc(Cl)cc2C(F)(F)F)C1=O. The molecule has 1 fully saturated rings. The van der Waals surface area contributed by atoms with Crippen molar-refractivity contribution in [3.63, 3.8) is 0 Å². The quantitative estimate of drug-likeness (QED) is 0.687. The molecule has 1 atom stereocenters. The van der Waals surface area contributed by atoms with Gasteiger partial charge < -0.3 is 10.6 Å². The van der Waals surface area contributed by atoms with Crippen LogP contribution in [0, 0.1) is 0 Å². The van der Waals surface area contributed by atoms with E-state index in [0.29, 0.717) is 16.5 Å². The van der Waals surface area contributed by atoms with Gasteiger partial charge in [0.25, 0.3) is 5.91 Å². The highest BCUT2D eigenvalue weighted by Crippen LogP contribution is 2.37. The van der Waals surface area contributed by atoms with Crippen molar-refractivity contribution in [2.24, 2.45) is 0 Å². The van der Waals surface area contributed by atoms with E-state index < -0.39 is 47.4 Å². The maximum atomic E-state index is 13.2. The Morgan fingerprint density at radius 1 is 1.17 bits per heavy atom. The summed E-state index contributed by atoms with van der Waals surface area (Å²) in [6.45, 7) is 0.969. The van der Waals surface area contributed by atoms with Crippen LogP contribution >= 0.6 is 11.6 Å². The van der Waals surface area contributed by atoms with Crippen LogP contribution in [0.4, 0.5) is 23.7 Å². The molecule has 1 aliphatic rings. The predicted molar refractivity (Wildman–Crippen MR) is 104 cm³/mol. The average Bonchev–Trinajstić information content (AvgIpc) is 2.94. The molecule has 0 unspecified atom stereocenters. The Morgan fingerprint density at radius 3 is 2.43 bits per heavy atom. The lowest BCUT2D eigenvalue weighted by molar-refractivity contribution is -0.137. The molecular weight excluding hydrogens is 423 g/mol. The molecule has 2 aromatic carbocycles. The number of nitrogens with zero attached hydrogens (tertiary/aromatic N) is 1. The number of hydrogen-bond donors (Lipinski definition) is 2. The van der Waals surface area contributed by atoms with Gasteiger partial charge in [0, 0.05) is 5.02 Å². The van der Waals surface area contributed by atoms with E-state index in [1.807, 2.05) is 0 Å². The second-order valence-electron chi connectivity index (χ2n) is 6.68. The largest absolute Gasteiger partial charge is 0.418 e. The highest BCUT2D eigenvalue weighted by Gasteiger charge is 2.51. The molecule has 0 aliphatic carbocycles. The Bertz CT molecular complexity index is 998. The number of rotatable bonds is 5. The van der Waals surface area contributed by atoms with Gasteiger partial charge in [-0.25, -0.2) is 4.79 Å².